The van der Waals surface area contributed by atoms with Crippen LogP contribution >= 0.6 is 22.9 Å². The first-order valence-electron chi connectivity index (χ1n) is 19.8. The largest absolute Gasteiger partial charge is 0.496 e. The summed E-state index contributed by atoms with van der Waals surface area (Å²) in [4.78, 5) is 32.6. The second-order valence-corrected chi connectivity index (χ2v) is 17.2. The third kappa shape index (κ3) is 9.69. The zero-order valence-electron chi connectivity index (χ0n) is 34.6. The number of carbonyl (C=O) groups excluding carboxylic acids is 1. The van der Waals surface area contributed by atoms with Crippen molar-refractivity contribution in [2.45, 2.75) is 50.9 Å². The highest BCUT2D eigenvalue weighted by atomic mass is 35.5. The van der Waals surface area contributed by atoms with E-state index in [4.69, 9.17) is 49.2 Å². The molecule has 2 atom stereocenters. The van der Waals surface area contributed by atoms with Crippen LogP contribution in [-0.2, 0) is 36.9 Å². The van der Waals surface area contributed by atoms with Gasteiger partial charge in [-0.25, -0.2) is 24.7 Å². The third-order valence-electron chi connectivity index (χ3n) is 10.1. The van der Waals surface area contributed by atoms with Crippen LogP contribution in [0.2, 0.25) is 5.02 Å². The Bertz CT molecular complexity index is 2890. The number of thiophene rings is 1. The van der Waals surface area contributed by atoms with Crippen molar-refractivity contribution in [2.24, 2.45) is 0 Å². The number of aromatic nitrogens is 4. The summed E-state index contributed by atoms with van der Waals surface area (Å²) < 4.78 is 68.9. The Kier molecular flexibility index (Phi) is 13.0. The highest BCUT2D eigenvalue weighted by Gasteiger charge is 2.29. The maximum absolute atomic E-state index is 13.8. The Morgan fingerprint density at radius 1 is 0.921 bits per heavy atom. The summed E-state index contributed by atoms with van der Waals surface area (Å²) in [6.07, 6.45) is 0.804. The minimum Gasteiger partial charge on any atom is -0.496 e. The predicted octanol–water partition coefficient (Wildman–Crippen LogP) is 8.77. The normalized spacial score (nSPS) is 15.1. The van der Waals surface area contributed by atoms with E-state index in [0.29, 0.717) is 50.1 Å². The molecule has 324 valence electrons. The molecule has 0 radical (unpaired) electrons. The quantitative estimate of drug-likeness (QED) is 0.0892. The lowest BCUT2D eigenvalue weighted by Gasteiger charge is -2.22. The van der Waals surface area contributed by atoms with Gasteiger partial charge in [0, 0.05) is 29.1 Å². The second kappa shape index (κ2) is 19.0. The van der Waals surface area contributed by atoms with Gasteiger partial charge in [0.15, 0.2) is 11.9 Å². The minimum atomic E-state index is -4.18. The maximum atomic E-state index is 13.8. The molecule has 0 aliphatic carbocycles. The summed E-state index contributed by atoms with van der Waals surface area (Å²) >= 11 is 8.39. The number of para-hydroxylation sites is 1. The van der Waals surface area contributed by atoms with Gasteiger partial charge in [0.25, 0.3) is 10.1 Å². The standard InChI is InChI=1S/C46H41ClN4O10S2/c1-5-56-46(52)40-21-29-20-31(12-16-37(29)58-22-30-18-19-48-43(51-30)35-8-6-7-9-38(35)55-4)57-23-32(24-59-63(53,54)33-13-10-27(2)11-14-33)60-39-17-15-34(28(3)42(39)47)36-25-62-45-41(36)44(61-40)49-26-50-45/h6-20,25-26,32,40H,5,21-24H2,1-4H3/t32-,40-/m1/s1. The number of halogens is 1. The van der Waals surface area contributed by atoms with E-state index in [-0.39, 0.29) is 47.8 Å². The first-order chi connectivity index (χ1) is 30.5. The molecule has 63 heavy (non-hydrogen) atoms. The number of hydrogen-bond donors (Lipinski definition) is 0. The van der Waals surface area contributed by atoms with Crippen molar-refractivity contribution in [1.29, 1.82) is 0 Å². The van der Waals surface area contributed by atoms with Crippen LogP contribution in [0.3, 0.4) is 0 Å². The molecule has 5 heterocycles. The number of benzene rings is 4. The molecule has 3 aromatic heterocycles. The smallest absolute Gasteiger partial charge is 0.347 e. The lowest BCUT2D eigenvalue weighted by molar-refractivity contribution is -0.151. The number of methoxy groups -OCH3 is 1. The number of fused-ring (bicyclic) bond motifs is 7. The maximum Gasteiger partial charge on any atom is 0.347 e. The summed E-state index contributed by atoms with van der Waals surface area (Å²) in [6, 6.07) is 24.2. The highest BCUT2D eigenvalue weighted by molar-refractivity contribution is 7.86. The SMILES string of the molecule is CCOC(=O)[C@H]1Cc2cc(ccc2OCc2ccnc(-c3ccccc3OC)n2)OC[C@H](COS(=O)(=O)c2ccc(C)cc2)Oc2ccc(c(C)c2Cl)-c2csc3ncnc(c23)O1. The molecule has 2 aliphatic heterocycles. The van der Waals surface area contributed by atoms with Crippen LogP contribution in [-0.4, -0.2) is 73.5 Å². The molecule has 0 amide bonds. The second-order valence-electron chi connectivity index (χ2n) is 14.4. The average molecular weight is 909 g/mol. The fourth-order valence-electron chi connectivity index (χ4n) is 6.88. The third-order valence-corrected chi connectivity index (χ3v) is 12.8. The average Bonchev–Trinajstić information content (AvgIpc) is 3.73. The van der Waals surface area contributed by atoms with Gasteiger partial charge in [0.1, 0.15) is 54.0 Å². The molecule has 4 aromatic carbocycles. The zero-order chi connectivity index (χ0) is 44.1. The molecule has 4 bridgehead atoms. The molecule has 17 heteroatoms. The van der Waals surface area contributed by atoms with Gasteiger partial charge in [0.2, 0.25) is 12.0 Å². The molecule has 14 nitrogen and oxygen atoms in total. The lowest BCUT2D eigenvalue weighted by atomic mass is 10.0. The molecule has 0 saturated carbocycles. The van der Waals surface area contributed by atoms with E-state index in [9.17, 15) is 13.2 Å². The van der Waals surface area contributed by atoms with Crippen molar-refractivity contribution >= 4 is 49.2 Å². The van der Waals surface area contributed by atoms with E-state index in [2.05, 4.69) is 15.0 Å². The van der Waals surface area contributed by atoms with Gasteiger partial charge >= 0.3 is 5.97 Å². The van der Waals surface area contributed by atoms with Gasteiger partial charge in [-0.1, -0.05) is 47.5 Å². The van der Waals surface area contributed by atoms with Crippen molar-refractivity contribution < 1.29 is 45.8 Å². The van der Waals surface area contributed by atoms with Crippen LogP contribution in [0.1, 0.15) is 29.3 Å². The van der Waals surface area contributed by atoms with Crippen LogP contribution in [0, 0.1) is 13.8 Å². The van der Waals surface area contributed by atoms with E-state index in [1.54, 1.807) is 62.7 Å². The molecule has 0 spiro atoms. The summed E-state index contributed by atoms with van der Waals surface area (Å²) in [6.45, 7) is 4.97. The molecular formula is C46H41ClN4O10S2. The number of esters is 1. The van der Waals surface area contributed by atoms with Crippen LogP contribution in [0.5, 0.6) is 28.9 Å². The van der Waals surface area contributed by atoms with Crippen molar-refractivity contribution in [2.75, 3.05) is 26.9 Å². The number of hydrogen-bond acceptors (Lipinski definition) is 15. The van der Waals surface area contributed by atoms with Crippen LogP contribution < -0.4 is 23.7 Å². The van der Waals surface area contributed by atoms with Crippen LogP contribution in [0.15, 0.2) is 108 Å². The summed E-state index contributed by atoms with van der Waals surface area (Å²) in [5, 5.41) is 2.78. The van der Waals surface area contributed by atoms with Crippen LogP contribution in [0.4, 0.5) is 0 Å². The Morgan fingerprint density at radius 2 is 1.75 bits per heavy atom. The summed E-state index contributed by atoms with van der Waals surface area (Å²) in [5.41, 5.74) is 4.84. The summed E-state index contributed by atoms with van der Waals surface area (Å²) in [5.74, 6) is 1.66. The van der Waals surface area contributed by atoms with Gasteiger partial charge < -0.3 is 28.4 Å². The molecule has 0 unspecified atom stereocenters. The predicted molar refractivity (Wildman–Crippen MR) is 236 cm³/mol. The van der Waals surface area contributed by atoms with Gasteiger partial charge in [-0.15, -0.1) is 11.3 Å². The minimum absolute atomic E-state index is 0.000515. The molecule has 7 aromatic rings. The summed E-state index contributed by atoms with van der Waals surface area (Å²) in [7, 11) is -2.59. The first-order valence-corrected chi connectivity index (χ1v) is 22.5. The first kappa shape index (κ1) is 43.3. The Balaban J connectivity index is 1.18. The van der Waals surface area contributed by atoms with Crippen molar-refractivity contribution in [3.63, 3.8) is 0 Å². The Labute approximate surface area is 372 Å². The number of carbonyl (C=O) groups is 1. The number of aryl methyl sites for hydroxylation is 1. The molecule has 0 saturated heterocycles. The number of rotatable bonds is 11. The molecule has 9 rings (SSSR count). The van der Waals surface area contributed by atoms with E-state index in [1.165, 1.54) is 29.8 Å². The van der Waals surface area contributed by atoms with Gasteiger partial charge in [-0.05, 0) is 86.5 Å². The Morgan fingerprint density at radius 3 is 2.56 bits per heavy atom. The van der Waals surface area contributed by atoms with Crippen molar-refractivity contribution in [3.8, 4) is 51.4 Å². The number of ether oxygens (including phenoxy) is 6. The lowest BCUT2D eigenvalue weighted by Crippen LogP contribution is -2.32. The van der Waals surface area contributed by atoms with E-state index >= 15 is 0 Å². The van der Waals surface area contributed by atoms with Gasteiger partial charge in [-0.3, -0.25) is 4.18 Å². The van der Waals surface area contributed by atoms with Crippen molar-refractivity contribution in [1.82, 2.24) is 19.9 Å². The van der Waals surface area contributed by atoms with Crippen LogP contribution in [0.25, 0.3) is 32.7 Å². The zero-order valence-corrected chi connectivity index (χ0v) is 37.0. The molecule has 2 aliphatic rings. The Hall–Kier alpha value is -6.33. The molecule has 0 N–H and O–H groups in total. The number of nitrogens with zero attached hydrogens (tertiary/aromatic N) is 4. The highest BCUT2D eigenvalue weighted by Crippen LogP contribution is 2.43. The fourth-order valence-corrected chi connectivity index (χ4v) is 8.92. The van der Waals surface area contributed by atoms with Gasteiger partial charge in [-0.2, -0.15) is 8.42 Å². The monoisotopic (exact) mass is 908 g/mol. The van der Waals surface area contributed by atoms with Gasteiger partial charge in [0.05, 0.1) is 40.3 Å². The molecule has 0 fully saturated rings. The van der Waals surface area contributed by atoms with E-state index in [1.807, 2.05) is 49.6 Å². The molecular weight excluding hydrogens is 868 g/mol. The fraction of sp³-hybridized carbons (Fsp3) is 0.239. The topological polar surface area (TPSA) is 167 Å². The van der Waals surface area contributed by atoms with E-state index < -0.39 is 34.9 Å². The van der Waals surface area contributed by atoms with Crippen molar-refractivity contribution in [3.05, 3.63) is 130 Å². The van der Waals surface area contributed by atoms with E-state index in [0.717, 1.165) is 22.3 Å².